The van der Waals surface area contributed by atoms with Crippen molar-refractivity contribution in [3.05, 3.63) is 29.8 Å². The fourth-order valence-electron chi connectivity index (χ4n) is 2.02. The molecule has 0 aromatic heterocycles. The first kappa shape index (κ1) is 10.0. The van der Waals surface area contributed by atoms with Crippen LogP contribution in [0.3, 0.4) is 0 Å². The molecule has 1 aromatic rings. The summed E-state index contributed by atoms with van der Waals surface area (Å²) in [4.78, 5) is 10.8. The van der Waals surface area contributed by atoms with Gasteiger partial charge in [-0.1, -0.05) is 19.1 Å². The largest absolute Gasteiger partial charge is 0.497 e. The predicted octanol–water partition coefficient (Wildman–Crippen LogP) is 2.06. The van der Waals surface area contributed by atoms with Gasteiger partial charge < -0.3 is 9.84 Å². The first-order valence-corrected chi connectivity index (χ1v) is 4.95. The Morgan fingerprint density at radius 3 is 2.47 bits per heavy atom. The van der Waals surface area contributed by atoms with Gasteiger partial charge in [0.25, 0.3) is 0 Å². The Morgan fingerprint density at radius 1 is 1.47 bits per heavy atom. The molecule has 0 aliphatic heterocycles. The maximum absolute atomic E-state index is 10.8. The molecule has 1 N–H and O–H groups in total. The van der Waals surface area contributed by atoms with Gasteiger partial charge in [-0.2, -0.15) is 0 Å². The molecule has 0 saturated heterocycles. The Bertz CT molecular complexity index is 382. The molecule has 2 rings (SSSR count). The van der Waals surface area contributed by atoms with Crippen molar-refractivity contribution < 1.29 is 14.6 Å². The third kappa shape index (κ3) is 1.58. The Kier molecular flexibility index (Phi) is 2.18. The summed E-state index contributed by atoms with van der Waals surface area (Å²) in [5, 5.41) is 8.93. The number of rotatable bonds is 3. The van der Waals surface area contributed by atoms with Gasteiger partial charge in [0.2, 0.25) is 0 Å². The minimum atomic E-state index is -0.701. The van der Waals surface area contributed by atoms with Gasteiger partial charge in [-0.15, -0.1) is 0 Å². The molecule has 0 heterocycles. The quantitative estimate of drug-likeness (QED) is 0.823. The third-order valence-corrected chi connectivity index (χ3v) is 3.28. The lowest BCUT2D eigenvalue weighted by Gasteiger charge is -2.10. The second kappa shape index (κ2) is 3.26. The molecular formula is C12H14O3. The van der Waals surface area contributed by atoms with Crippen LogP contribution in [0.2, 0.25) is 0 Å². The second-order valence-corrected chi connectivity index (χ2v) is 4.24. The molecule has 3 nitrogen and oxygen atoms in total. The maximum atomic E-state index is 10.8. The van der Waals surface area contributed by atoms with Gasteiger partial charge in [-0.3, -0.25) is 4.79 Å². The van der Waals surface area contributed by atoms with Gasteiger partial charge in [0.15, 0.2) is 0 Å². The molecule has 1 saturated carbocycles. The Labute approximate surface area is 88.7 Å². The van der Waals surface area contributed by atoms with Gasteiger partial charge in [0, 0.05) is 5.41 Å². The van der Waals surface area contributed by atoms with Crippen molar-refractivity contribution in [2.75, 3.05) is 7.11 Å². The van der Waals surface area contributed by atoms with E-state index in [0.717, 1.165) is 17.7 Å². The number of methoxy groups -OCH3 is 1. The van der Waals surface area contributed by atoms with Gasteiger partial charge >= 0.3 is 5.97 Å². The highest BCUT2D eigenvalue weighted by molar-refractivity contribution is 5.77. The fourth-order valence-corrected chi connectivity index (χ4v) is 2.02. The second-order valence-electron chi connectivity index (χ2n) is 4.24. The molecule has 15 heavy (non-hydrogen) atoms. The van der Waals surface area contributed by atoms with Crippen molar-refractivity contribution in [3.8, 4) is 5.75 Å². The first-order valence-electron chi connectivity index (χ1n) is 4.95. The first-order chi connectivity index (χ1) is 7.08. The van der Waals surface area contributed by atoms with Crippen LogP contribution in [-0.2, 0) is 10.2 Å². The van der Waals surface area contributed by atoms with E-state index in [0.29, 0.717) is 0 Å². The van der Waals surface area contributed by atoms with Crippen LogP contribution in [0.5, 0.6) is 5.75 Å². The Hall–Kier alpha value is -1.51. The molecule has 0 radical (unpaired) electrons. The smallest absolute Gasteiger partial charge is 0.307 e. The van der Waals surface area contributed by atoms with Gasteiger partial charge in [-0.25, -0.2) is 0 Å². The number of hydrogen-bond acceptors (Lipinski definition) is 2. The fraction of sp³-hybridized carbons (Fsp3) is 0.417. The summed E-state index contributed by atoms with van der Waals surface area (Å²) in [6.07, 6.45) is 0.731. The Morgan fingerprint density at radius 2 is 2.07 bits per heavy atom. The molecule has 1 aliphatic carbocycles. The van der Waals surface area contributed by atoms with E-state index in [1.807, 2.05) is 31.2 Å². The summed E-state index contributed by atoms with van der Waals surface area (Å²) in [5.74, 6) is -0.130. The number of benzene rings is 1. The highest BCUT2D eigenvalue weighted by Crippen LogP contribution is 2.54. The number of carboxylic acid groups (broad SMARTS) is 1. The number of carboxylic acids is 1. The van der Waals surface area contributed by atoms with Crippen molar-refractivity contribution in [2.24, 2.45) is 5.92 Å². The molecule has 0 spiro atoms. The molecule has 2 atom stereocenters. The van der Waals surface area contributed by atoms with E-state index in [9.17, 15) is 4.79 Å². The van der Waals surface area contributed by atoms with E-state index in [1.165, 1.54) is 0 Å². The van der Waals surface area contributed by atoms with Crippen molar-refractivity contribution >= 4 is 5.97 Å². The molecule has 0 amide bonds. The van der Waals surface area contributed by atoms with Gasteiger partial charge in [0.05, 0.1) is 13.0 Å². The molecule has 3 heteroatoms. The summed E-state index contributed by atoms with van der Waals surface area (Å²) >= 11 is 0. The van der Waals surface area contributed by atoms with Crippen LogP contribution in [0.25, 0.3) is 0 Å². The van der Waals surface area contributed by atoms with Crippen LogP contribution < -0.4 is 4.74 Å². The zero-order chi connectivity index (χ0) is 11.1. The number of ether oxygens (including phenoxy) is 1. The maximum Gasteiger partial charge on any atom is 0.307 e. The summed E-state index contributed by atoms with van der Waals surface area (Å²) in [5.41, 5.74) is 0.897. The minimum Gasteiger partial charge on any atom is -0.497 e. The zero-order valence-corrected chi connectivity index (χ0v) is 8.86. The zero-order valence-electron chi connectivity index (χ0n) is 8.86. The van der Waals surface area contributed by atoms with Gasteiger partial charge in [-0.05, 0) is 24.1 Å². The van der Waals surface area contributed by atoms with Crippen molar-refractivity contribution in [1.82, 2.24) is 0 Å². The molecule has 1 fully saturated rings. The van der Waals surface area contributed by atoms with Crippen LogP contribution in [0.4, 0.5) is 0 Å². The average molecular weight is 206 g/mol. The average Bonchev–Trinajstić information content (AvgIpc) is 2.93. The summed E-state index contributed by atoms with van der Waals surface area (Å²) in [6, 6.07) is 7.64. The predicted molar refractivity (Wildman–Crippen MR) is 56.1 cm³/mol. The lowest BCUT2D eigenvalue weighted by atomic mass is 9.95. The van der Waals surface area contributed by atoms with Crippen LogP contribution in [-0.4, -0.2) is 18.2 Å². The topological polar surface area (TPSA) is 46.5 Å². The van der Waals surface area contributed by atoms with E-state index < -0.39 is 5.97 Å². The summed E-state index contributed by atoms with van der Waals surface area (Å²) in [7, 11) is 1.62. The molecule has 1 aromatic carbocycles. The third-order valence-electron chi connectivity index (χ3n) is 3.28. The van der Waals surface area contributed by atoms with E-state index >= 15 is 0 Å². The molecular weight excluding hydrogens is 192 g/mol. The minimum absolute atomic E-state index is 0.182. The Balaban J connectivity index is 2.21. The standard InChI is InChI=1S/C12H14O3/c1-12(7-10(12)11(13)14)8-3-5-9(15-2)6-4-8/h3-6,10H,7H2,1-2H3,(H,13,14)/t10-,12?/m0/s1. The van der Waals surface area contributed by atoms with Crippen LogP contribution in [0.1, 0.15) is 18.9 Å². The van der Waals surface area contributed by atoms with Crippen molar-refractivity contribution in [2.45, 2.75) is 18.8 Å². The van der Waals surface area contributed by atoms with E-state index in [4.69, 9.17) is 9.84 Å². The number of carbonyl (C=O) groups is 1. The van der Waals surface area contributed by atoms with Gasteiger partial charge in [0.1, 0.15) is 5.75 Å². The molecule has 1 aliphatic rings. The highest BCUT2D eigenvalue weighted by Gasteiger charge is 2.55. The monoisotopic (exact) mass is 206 g/mol. The normalized spacial score (nSPS) is 28.5. The molecule has 1 unspecified atom stereocenters. The summed E-state index contributed by atoms with van der Waals surface area (Å²) < 4.78 is 5.06. The van der Waals surface area contributed by atoms with E-state index in [2.05, 4.69) is 0 Å². The molecule has 0 bridgehead atoms. The summed E-state index contributed by atoms with van der Waals surface area (Å²) in [6.45, 7) is 1.99. The van der Waals surface area contributed by atoms with Crippen LogP contribution in [0.15, 0.2) is 24.3 Å². The lowest BCUT2D eigenvalue weighted by molar-refractivity contribution is -0.138. The highest BCUT2D eigenvalue weighted by atomic mass is 16.5. The lowest BCUT2D eigenvalue weighted by Crippen LogP contribution is -2.10. The van der Waals surface area contributed by atoms with Crippen LogP contribution >= 0.6 is 0 Å². The van der Waals surface area contributed by atoms with E-state index in [-0.39, 0.29) is 11.3 Å². The van der Waals surface area contributed by atoms with Crippen LogP contribution in [0, 0.1) is 5.92 Å². The molecule has 80 valence electrons. The number of aliphatic carboxylic acids is 1. The van der Waals surface area contributed by atoms with E-state index in [1.54, 1.807) is 7.11 Å². The van der Waals surface area contributed by atoms with Crippen molar-refractivity contribution in [3.63, 3.8) is 0 Å². The SMILES string of the molecule is COc1ccc(C2(C)C[C@H]2C(=O)O)cc1. The van der Waals surface area contributed by atoms with Crippen molar-refractivity contribution in [1.29, 1.82) is 0 Å². The number of hydrogen-bond donors (Lipinski definition) is 1.